The highest BCUT2D eigenvalue weighted by Crippen LogP contribution is 2.18. The Labute approximate surface area is 134 Å². The lowest BCUT2D eigenvalue weighted by atomic mass is 10.1. The Bertz CT molecular complexity index is 657. The van der Waals surface area contributed by atoms with Crippen molar-refractivity contribution in [3.05, 3.63) is 54.6 Å². The van der Waals surface area contributed by atoms with Crippen LogP contribution in [0.4, 0.5) is 17.1 Å². The molecule has 2 rings (SSSR count). The van der Waals surface area contributed by atoms with Gasteiger partial charge in [0.1, 0.15) is 6.04 Å². The Morgan fingerprint density at radius 1 is 0.957 bits per heavy atom. The third kappa shape index (κ3) is 5.44. The zero-order valence-corrected chi connectivity index (χ0v) is 12.5. The van der Waals surface area contributed by atoms with Gasteiger partial charge in [0.15, 0.2) is 0 Å². The number of aliphatic carboxylic acids is 1. The molecule has 2 aromatic carbocycles. The molecule has 0 aliphatic heterocycles. The highest BCUT2D eigenvalue weighted by atomic mass is 16.4. The van der Waals surface area contributed by atoms with Crippen molar-refractivity contribution in [3.63, 3.8) is 0 Å². The van der Waals surface area contributed by atoms with Crippen LogP contribution in [0.25, 0.3) is 0 Å². The molecule has 6 heteroatoms. The average Bonchev–Trinajstić information content (AvgIpc) is 2.55. The number of rotatable bonds is 7. The molecule has 5 N–H and O–H groups in total. The summed E-state index contributed by atoms with van der Waals surface area (Å²) in [6.07, 6.45) is 0.173. The maximum atomic E-state index is 11.7. The van der Waals surface area contributed by atoms with Crippen molar-refractivity contribution < 1.29 is 14.7 Å². The van der Waals surface area contributed by atoms with Gasteiger partial charge in [-0.05, 0) is 42.8 Å². The molecule has 0 fully saturated rings. The molecule has 0 saturated heterocycles. The van der Waals surface area contributed by atoms with Gasteiger partial charge in [0, 0.05) is 23.5 Å². The molecule has 0 spiro atoms. The Balaban J connectivity index is 1.85. The minimum Gasteiger partial charge on any atom is -0.480 e. The largest absolute Gasteiger partial charge is 0.480 e. The van der Waals surface area contributed by atoms with Crippen molar-refractivity contribution in [2.45, 2.75) is 18.9 Å². The van der Waals surface area contributed by atoms with Gasteiger partial charge in [0.05, 0.1) is 0 Å². The van der Waals surface area contributed by atoms with Gasteiger partial charge in [-0.15, -0.1) is 0 Å². The molecule has 0 aromatic heterocycles. The molecule has 0 unspecified atom stereocenters. The Kier molecular flexibility index (Phi) is 5.71. The molecular weight excluding hydrogens is 294 g/mol. The van der Waals surface area contributed by atoms with Crippen LogP contribution < -0.4 is 16.4 Å². The summed E-state index contributed by atoms with van der Waals surface area (Å²) in [5.74, 6) is -1.36. The minimum atomic E-state index is -1.10. The molecule has 0 saturated carbocycles. The van der Waals surface area contributed by atoms with Crippen LogP contribution in [0.1, 0.15) is 12.8 Å². The van der Waals surface area contributed by atoms with Crippen LogP contribution in [0.2, 0.25) is 0 Å². The summed E-state index contributed by atoms with van der Waals surface area (Å²) in [5, 5.41) is 14.6. The van der Waals surface area contributed by atoms with Gasteiger partial charge in [-0.25, -0.2) is 0 Å². The first-order valence-corrected chi connectivity index (χ1v) is 7.25. The lowest BCUT2D eigenvalue weighted by Crippen LogP contribution is -2.31. The number of nitrogens with two attached hydrogens (primary N) is 1. The van der Waals surface area contributed by atoms with Gasteiger partial charge in [-0.3, -0.25) is 9.59 Å². The average molecular weight is 313 g/mol. The molecule has 0 radical (unpaired) electrons. The van der Waals surface area contributed by atoms with Gasteiger partial charge in [-0.1, -0.05) is 18.2 Å². The number of hydrogen-bond donors (Lipinski definition) is 4. The third-order valence-electron chi connectivity index (χ3n) is 3.23. The monoisotopic (exact) mass is 313 g/mol. The minimum absolute atomic E-state index is 0.0669. The summed E-state index contributed by atoms with van der Waals surface area (Å²) in [4.78, 5) is 22.3. The first kappa shape index (κ1) is 16.5. The second-order valence-electron chi connectivity index (χ2n) is 5.10. The van der Waals surface area contributed by atoms with E-state index in [4.69, 9.17) is 10.8 Å². The number of carboxylic acid groups (broad SMARTS) is 1. The lowest BCUT2D eigenvalue weighted by molar-refractivity contribution is -0.138. The first-order chi connectivity index (χ1) is 11.0. The standard InChI is InChI=1S/C17H19N3O3/c18-15(17(22)23)10-11-16(21)20-14-8-6-13(7-9-14)19-12-4-2-1-3-5-12/h1-9,15,19H,10-11,18H2,(H,20,21)(H,22,23)/t15-/m0/s1. The van der Waals surface area contributed by atoms with Crippen molar-refractivity contribution in [3.8, 4) is 0 Å². The van der Waals surface area contributed by atoms with Gasteiger partial charge in [0.25, 0.3) is 0 Å². The van der Waals surface area contributed by atoms with Crippen molar-refractivity contribution in [2.75, 3.05) is 10.6 Å². The summed E-state index contributed by atoms with van der Waals surface area (Å²) in [7, 11) is 0. The molecule has 0 heterocycles. The first-order valence-electron chi connectivity index (χ1n) is 7.25. The van der Waals surface area contributed by atoms with Gasteiger partial charge < -0.3 is 21.5 Å². The van der Waals surface area contributed by atoms with Crippen LogP contribution in [0.3, 0.4) is 0 Å². The van der Waals surface area contributed by atoms with E-state index in [2.05, 4.69) is 10.6 Å². The van der Waals surface area contributed by atoms with Gasteiger partial charge >= 0.3 is 5.97 Å². The molecule has 0 aliphatic rings. The van der Waals surface area contributed by atoms with E-state index < -0.39 is 12.0 Å². The third-order valence-corrected chi connectivity index (χ3v) is 3.23. The Morgan fingerprint density at radius 2 is 1.52 bits per heavy atom. The van der Waals surface area contributed by atoms with Crippen LogP contribution in [0, 0.1) is 0 Å². The van der Waals surface area contributed by atoms with Crippen molar-refractivity contribution >= 4 is 28.9 Å². The number of carbonyl (C=O) groups is 2. The van der Waals surface area contributed by atoms with Crippen molar-refractivity contribution in [2.24, 2.45) is 5.73 Å². The van der Waals surface area contributed by atoms with E-state index >= 15 is 0 Å². The zero-order chi connectivity index (χ0) is 16.7. The fourth-order valence-corrected chi connectivity index (χ4v) is 1.96. The highest BCUT2D eigenvalue weighted by Gasteiger charge is 2.13. The molecule has 0 bridgehead atoms. The van der Waals surface area contributed by atoms with Crippen molar-refractivity contribution in [1.82, 2.24) is 0 Å². The molecular formula is C17H19N3O3. The summed E-state index contributed by atoms with van der Waals surface area (Å²) < 4.78 is 0. The topological polar surface area (TPSA) is 104 Å². The maximum Gasteiger partial charge on any atom is 0.320 e. The summed E-state index contributed by atoms with van der Waals surface area (Å²) in [6.45, 7) is 0. The van der Waals surface area contributed by atoms with E-state index in [0.717, 1.165) is 11.4 Å². The number of para-hydroxylation sites is 1. The van der Waals surface area contributed by atoms with E-state index in [1.165, 1.54) is 0 Å². The predicted molar refractivity (Wildman–Crippen MR) is 89.6 cm³/mol. The SMILES string of the molecule is N[C@@H](CCC(=O)Nc1ccc(Nc2ccccc2)cc1)C(=O)O. The summed E-state index contributed by atoms with van der Waals surface area (Å²) in [5.41, 5.74) is 7.90. The smallest absolute Gasteiger partial charge is 0.320 e. The van der Waals surface area contributed by atoms with Crippen LogP contribution in [0.15, 0.2) is 54.6 Å². The van der Waals surface area contributed by atoms with Gasteiger partial charge in [0.2, 0.25) is 5.91 Å². The number of hydrogen-bond acceptors (Lipinski definition) is 4. The second kappa shape index (κ2) is 7.95. The van der Waals surface area contributed by atoms with E-state index in [0.29, 0.717) is 5.69 Å². The number of anilines is 3. The molecule has 1 atom stereocenters. The Hall–Kier alpha value is -2.86. The molecule has 120 valence electrons. The van der Waals surface area contributed by atoms with E-state index in [1.54, 1.807) is 12.1 Å². The molecule has 6 nitrogen and oxygen atoms in total. The quantitative estimate of drug-likeness (QED) is 0.629. The molecule has 23 heavy (non-hydrogen) atoms. The van der Waals surface area contributed by atoms with Gasteiger partial charge in [-0.2, -0.15) is 0 Å². The lowest BCUT2D eigenvalue weighted by Gasteiger charge is -2.09. The van der Waals surface area contributed by atoms with Crippen LogP contribution in [0.5, 0.6) is 0 Å². The zero-order valence-electron chi connectivity index (χ0n) is 12.5. The van der Waals surface area contributed by atoms with Crippen LogP contribution >= 0.6 is 0 Å². The second-order valence-corrected chi connectivity index (χ2v) is 5.10. The number of carbonyl (C=O) groups excluding carboxylic acids is 1. The van der Waals surface area contributed by atoms with Crippen molar-refractivity contribution in [1.29, 1.82) is 0 Å². The number of nitrogens with one attached hydrogen (secondary N) is 2. The number of amides is 1. The normalized spacial score (nSPS) is 11.5. The van der Waals surface area contributed by atoms with Crippen LogP contribution in [-0.2, 0) is 9.59 Å². The van der Waals surface area contributed by atoms with E-state index in [-0.39, 0.29) is 18.7 Å². The summed E-state index contributed by atoms with van der Waals surface area (Å²) >= 11 is 0. The predicted octanol–water partition coefficient (Wildman–Crippen LogP) is 2.56. The fraction of sp³-hybridized carbons (Fsp3) is 0.176. The highest BCUT2D eigenvalue weighted by molar-refractivity contribution is 5.91. The molecule has 1 amide bonds. The number of carboxylic acids is 1. The van der Waals surface area contributed by atoms with E-state index in [9.17, 15) is 9.59 Å². The maximum absolute atomic E-state index is 11.7. The molecule has 0 aliphatic carbocycles. The fourth-order valence-electron chi connectivity index (χ4n) is 1.96. The number of benzene rings is 2. The summed E-state index contributed by atoms with van der Waals surface area (Å²) in [6, 6.07) is 16.0. The van der Waals surface area contributed by atoms with E-state index in [1.807, 2.05) is 42.5 Å². The molecule has 2 aromatic rings. The Morgan fingerprint density at radius 3 is 2.13 bits per heavy atom. The van der Waals surface area contributed by atoms with Crippen LogP contribution in [-0.4, -0.2) is 23.0 Å².